The molecule has 0 saturated heterocycles. The van der Waals surface area contributed by atoms with E-state index in [0.717, 1.165) is 25.7 Å². The quantitative estimate of drug-likeness (QED) is 0.533. The second kappa shape index (κ2) is 7.08. The number of carbonyl (C=O) groups excluding carboxylic acids is 1. The summed E-state index contributed by atoms with van der Waals surface area (Å²) in [5.41, 5.74) is 0. The lowest BCUT2D eigenvalue weighted by atomic mass is 9.96. The molecule has 0 aliphatic rings. The molecule has 1 nitrogen and oxygen atoms in total. The van der Waals surface area contributed by atoms with E-state index in [-0.39, 0.29) is 0 Å². The molecular weight excluding hydrogens is 148 g/mol. The average Bonchev–Trinajstić information content (AvgIpc) is 2.04. The minimum atomic E-state index is 0.385. The number of Topliss-reactive ketones (excluding diaryl/α,β-unsaturated/α-hetero) is 1. The first-order chi connectivity index (χ1) is 5.74. The Morgan fingerprint density at radius 3 is 2.50 bits per heavy atom. The molecule has 0 spiro atoms. The number of carbonyl (C=O) groups is 1. The van der Waals surface area contributed by atoms with Crippen molar-refractivity contribution in [3.63, 3.8) is 0 Å². The van der Waals surface area contributed by atoms with Gasteiger partial charge in [0.15, 0.2) is 0 Å². The molecule has 70 valence electrons. The zero-order valence-corrected chi connectivity index (χ0v) is 8.31. The molecular formula is C11H20O. The third-order valence-electron chi connectivity index (χ3n) is 2.01. The van der Waals surface area contributed by atoms with E-state index in [1.165, 1.54) is 0 Å². The van der Waals surface area contributed by atoms with Gasteiger partial charge in [-0.3, -0.25) is 4.79 Å². The second-order valence-electron chi connectivity index (χ2n) is 3.28. The highest BCUT2D eigenvalue weighted by Gasteiger charge is 2.08. The molecule has 0 aromatic carbocycles. The van der Waals surface area contributed by atoms with Crippen LogP contribution in [0, 0.1) is 5.92 Å². The normalized spacial score (nSPS) is 12.5. The maximum atomic E-state index is 11.2. The molecule has 0 heterocycles. The van der Waals surface area contributed by atoms with E-state index < -0.39 is 0 Å². The SMILES string of the molecule is C=CC(CCC)CC(=O)CCC. The largest absolute Gasteiger partial charge is 0.300 e. The van der Waals surface area contributed by atoms with Crippen molar-refractivity contribution in [1.82, 2.24) is 0 Å². The van der Waals surface area contributed by atoms with Crippen LogP contribution in [0.3, 0.4) is 0 Å². The van der Waals surface area contributed by atoms with Gasteiger partial charge >= 0.3 is 0 Å². The molecule has 0 fully saturated rings. The molecule has 0 saturated carbocycles. The lowest BCUT2D eigenvalue weighted by Gasteiger charge is -2.08. The summed E-state index contributed by atoms with van der Waals surface area (Å²) in [7, 11) is 0. The molecule has 0 aromatic rings. The van der Waals surface area contributed by atoms with Crippen molar-refractivity contribution in [1.29, 1.82) is 0 Å². The van der Waals surface area contributed by atoms with Crippen molar-refractivity contribution in [2.45, 2.75) is 46.0 Å². The van der Waals surface area contributed by atoms with Crippen molar-refractivity contribution in [3.05, 3.63) is 12.7 Å². The number of ketones is 1. The highest BCUT2D eigenvalue weighted by Crippen LogP contribution is 2.13. The van der Waals surface area contributed by atoms with Gasteiger partial charge in [0.25, 0.3) is 0 Å². The smallest absolute Gasteiger partial charge is 0.133 e. The van der Waals surface area contributed by atoms with E-state index >= 15 is 0 Å². The van der Waals surface area contributed by atoms with Crippen LogP contribution in [0.4, 0.5) is 0 Å². The lowest BCUT2D eigenvalue weighted by Crippen LogP contribution is -2.05. The maximum Gasteiger partial charge on any atom is 0.133 e. The Kier molecular flexibility index (Phi) is 6.73. The van der Waals surface area contributed by atoms with Gasteiger partial charge in [-0.1, -0.05) is 26.3 Å². The summed E-state index contributed by atoms with van der Waals surface area (Å²) in [5.74, 6) is 0.796. The van der Waals surface area contributed by atoms with E-state index in [0.29, 0.717) is 18.1 Å². The van der Waals surface area contributed by atoms with Crippen molar-refractivity contribution in [2.24, 2.45) is 5.92 Å². The molecule has 0 aliphatic heterocycles. The fraction of sp³-hybridized carbons (Fsp3) is 0.727. The molecule has 0 N–H and O–H groups in total. The number of rotatable bonds is 7. The zero-order chi connectivity index (χ0) is 9.40. The Morgan fingerprint density at radius 2 is 2.08 bits per heavy atom. The maximum absolute atomic E-state index is 11.2. The first kappa shape index (κ1) is 11.4. The summed E-state index contributed by atoms with van der Waals surface area (Å²) in [6.45, 7) is 7.92. The van der Waals surface area contributed by atoms with Crippen LogP contribution >= 0.6 is 0 Å². The van der Waals surface area contributed by atoms with Crippen molar-refractivity contribution < 1.29 is 4.79 Å². The van der Waals surface area contributed by atoms with Gasteiger partial charge in [0.05, 0.1) is 0 Å². The predicted octanol–water partition coefficient (Wildman–Crippen LogP) is 3.35. The summed E-state index contributed by atoms with van der Waals surface area (Å²) >= 11 is 0. The first-order valence-corrected chi connectivity index (χ1v) is 4.88. The number of hydrogen-bond acceptors (Lipinski definition) is 1. The minimum Gasteiger partial charge on any atom is -0.300 e. The van der Waals surface area contributed by atoms with Gasteiger partial charge in [0.1, 0.15) is 5.78 Å². The monoisotopic (exact) mass is 168 g/mol. The van der Waals surface area contributed by atoms with Crippen LogP contribution in [0.2, 0.25) is 0 Å². The van der Waals surface area contributed by atoms with Crippen molar-refractivity contribution >= 4 is 5.78 Å². The molecule has 12 heavy (non-hydrogen) atoms. The number of allylic oxidation sites excluding steroid dienone is 1. The fourth-order valence-electron chi connectivity index (χ4n) is 1.35. The van der Waals surface area contributed by atoms with Gasteiger partial charge < -0.3 is 0 Å². The van der Waals surface area contributed by atoms with Gasteiger partial charge in [-0.15, -0.1) is 6.58 Å². The lowest BCUT2D eigenvalue weighted by molar-refractivity contribution is -0.119. The Labute approximate surface area is 75.9 Å². The standard InChI is InChI=1S/C11H20O/c1-4-7-10(6-3)9-11(12)8-5-2/h6,10H,3-5,7-9H2,1-2H3. The molecule has 0 bridgehead atoms. The van der Waals surface area contributed by atoms with Gasteiger partial charge in [0.2, 0.25) is 0 Å². The van der Waals surface area contributed by atoms with Gasteiger partial charge in [-0.2, -0.15) is 0 Å². The Bertz CT molecular complexity index is 138. The summed E-state index contributed by atoms with van der Waals surface area (Å²) in [6.07, 6.45) is 6.54. The summed E-state index contributed by atoms with van der Waals surface area (Å²) < 4.78 is 0. The van der Waals surface area contributed by atoms with Crippen LogP contribution in [0.15, 0.2) is 12.7 Å². The van der Waals surface area contributed by atoms with E-state index in [4.69, 9.17) is 0 Å². The minimum absolute atomic E-state index is 0.385. The number of hydrogen-bond donors (Lipinski definition) is 0. The molecule has 1 atom stereocenters. The van der Waals surface area contributed by atoms with Crippen LogP contribution in [-0.2, 0) is 4.79 Å². The Morgan fingerprint density at radius 1 is 1.42 bits per heavy atom. The highest BCUT2D eigenvalue weighted by atomic mass is 16.1. The first-order valence-electron chi connectivity index (χ1n) is 4.88. The van der Waals surface area contributed by atoms with E-state index in [9.17, 15) is 4.79 Å². The summed E-state index contributed by atoms with van der Waals surface area (Å²) in [4.78, 5) is 11.2. The van der Waals surface area contributed by atoms with Gasteiger partial charge in [0, 0.05) is 12.8 Å². The van der Waals surface area contributed by atoms with Crippen LogP contribution in [0.1, 0.15) is 46.0 Å². The van der Waals surface area contributed by atoms with Crippen molar-refractivity contribution in [3.8, 4) is 0 Å². The van der Waals surface area contributed by atoms with Crippen LogP contribution in [0.25, 0.3) is 0 Å². The molecule has 0 amide bonds. The Balaban J connectivity index is 3.68. The second-order valence-corrected chi connectivity index (χ2v) is 3.28. The van der Waals surface area contributed by atoms with E-state index in [2.05, 4.69) is 13.5 Å². The van der Waals surface area contributed by atoms with Crippen LogP contribution < -0.4 is 0 Å². The highest BCUT2D eigenvalue weighted by molar-refractivity contribution is 5.78. The van der Waals surface area contributed by atoms with E-state index in [1.807, 2.05) is 13.0 Å². The molecule has 0 rings (SSSR count). The predicted molar refractivity (Wildman–Crippen MR) is 53.1 cm³/mol. The molecule has 0 aromatic heterocycles. The average molecular weight is 168 g/mol. The topological polar surface area (TPSA) is 17.1 Å². The van der Waals surface area contributed by atoms with Crippen LogP contribution in [-0.4, -0.2) is 5.78 Å². The molecule has 1 unspecified atom stereocenters. The summed E-state index contributed by atoms with van der Waals surface area (Å²) in [6, 6.07) is 0. The zero-order valence-electron chi connectivity index (χ0n) is 8.31. The Hall–Kier alpha value is -0.590. The van der Waals surface area contributed by atoms with Gasteiger partial charge in [-0.05, 0) is 18.8 Å². The third kappa shape index (κ3) is 5.11. The fourth-order valence-corrected chi connectivity index (χ4v) is 1.35. The molecule has 0 radical (unpaired) electrons. The van der Waals surface area contributed by atoms with Crippen molar-refractivity contribution in [2.75, 3.05) is 0 Å². The van der Waals surface area contributed by atoms with Gasteiger partial charge in [-0.25, -0.2) is 0 Å². The third-order valence-corrected chi connectivity index (χ3v) is 2.01. The molecule has 0 aliphatic carbocycles. The van der Waals surface area contributed by atoms with E-state index in [1.54, 1.807) is 0 Å². The van der Waals surface area contributed by atoms with Crippen LogP contribution in [0.5, 0.6) is 0 Å². The summed E-state index contributed by atoms with van der Waals surface area (Å²) in [5, 5.41) is 0. The molecule has 1 heteroatoms.